The number of hydrogen-bond donors (Lipinski definition) is 2. The molecule has 0 saturated carbocycles. The minimum absolute atomic E-state index is 0.0726. The van der Waals surface area contributed by atoms with Gasteiger partial charge in [0.1, 0.15) is 0 Å². The van der Waals surface area contributed by atoms with E-state index < -0.39 is 30.1 Å². The molecule has 0 heterocycles. The number of amides is 1. The van der Waals surface area contributed by atoms with Crippen LogP contribution in [0.15, 0.2) is 60.7 Å². The number of aryl methyl sites for hydroxylation is 1. The summed E-state index contributed by atoms with van der Waals surface area (Å²) in [4.78, 5) is 45.8. The van der Waals surface area contributed by atoms with Crippen molar-refractivity contribution in [3.05, 3.63) is 71.8 Å². The Morgan fingerprint density at radius 3 is 1.87 bits per heavy atom. The van der Waals surface area contributed by atoms with Gasteiger partial charge in [-0.05, 0) is 32.9 Å². The number of carboxylic acid groups (broad SMARTS) is 1. The molecule has 2 aromatic rings. The van der Waals surface area contributed by atoms with Gasteiger partial charge in [0.25, 0.3) is 12.4 Å². The molecule has 2 N–H and O–H groups in total. The van der Waals surface area contributed by atoms with Crippen LogP contribution >= 0.6 is 0 Å². The number of carboxylic acids is 1. The van der Waals surface area contributed by atoms with Crippen molar-refractivity contribution in [3.63, 3.8) is 0 Å². The van der Waals surface area contributed by atoms with Gasteiger partial charge in [-0.2, -0.15) is 0 Å². The number of esters is 1. The smallest absolute Gasteiger partial charge is 0.349 e. The summed E-state index contributed by atoms with van der Waals surface area (Å²) in [6, 6.07) is 17.6. The third-order valence-corrected chi connectivity index (χ3v) is 3.59. The van der Waals surface area contributed by atoms with Gasteiger partial charge in [0.15, 0.2) is 0 Å². The van der Waals surface area contributed by atoms with Crippen molar-refractivity contribution in [2.24, 2.45) is 0 Å². The molecule has 2 rings (SSSR count). The first-order valence-electron chi connectivity index (χ1n) is 9.16. The average molecular weight is 415 g/mol. The van der Waals surface area contributed by atoms with Crippen molar-refractivity contribution in [1.29, 1.82) is 0 Å². The Morgan fingerprint density at radius 1 is 0.933 bits per heavy atom. The summed E-state index contributed by atoms with van der Waals surface area (Å²) >= 11 is 0. The molecule has 0 aromatic heterocycles. The Bertz CT molecular complexity index is 822. The number of carbonyl (C=O) groups excluding carboxylic acids is 3. The third-order valence-electron chi connectivity index (χ3n) is 3.59. The number of hydrogen-bond acceptors (Lipinski definition) is 6. The van der Waals surface area contributed by atoms with E-state index in [1.165, 1.54) is 17.7 Å². The summed E-state index contributed by atoms with van der Waals surface area (Å²) in [5.41, 5.74) is 1.43. The highest BCUT2D eigenvalue weighted by molar-refractivity contribution is 5.94. The molecule has 0 spiro atoms. The highest BCUT2D eigenvalue weighted by atomic mass is 16.6. The van der Waals surface area contributed by atoms with E-state index >= 15 is 0 Å². The lowest BCUT2D eigenvalue weighted by molar-refractivity contribution is -0.166. The van der Waals surface area contributed by atoms with Crippen LogP contribution in [0.1, 0.15) is 29.8 Å². The molecular weight excluding hydrogens is 390 g/mol. The number of rotatable bonds is 8. The van der Waals surface area contributed by atoms with E-state index in [2.05, 4.69) is 29.1 Å². The van der Waals surface area contributed by atoms with Gasteiger partial charge in [0.05, 0.1) is 5.56 Å². The number of aliphatic carboxylic acids is 1. The summed E-state index contributed by atoms with van der Waals surface area (Å²) in [5.74, 6) is -3.43. The second kappa shape index (κ2) is 12.7. The Hall–Kier alpha value is -3.68. The quantitative estimate of drug-likeness (QED) is 0.502. The van der Waals surface area contributed by atoms with Gasteiger partial charge in [-0.3, -0.25) is 9.59 Å². The summed E-state index contributed by atoms with van der Waals surface area (Å²) in [6.07, 6.45) is -3.76. The predicted molar refractivity (Wildman–Crippen MR) is 109 cm³/mol. The largest absolute Gasteiger partial charge is 0.478 e. The predicted octanol–water partition coefficient (Wildman–Crippen LogP) is 2.36. The molecule has 30 heavy (non-hydrogen) atoms. The van der Waals surface area contributed by atoms with E-state index in [4.69, 9.17) is 4.74 Å². The Balaban J connectivity index is 0.000000539. The summed E-state index contributed by atoms with van der Waals surface area (Å²) < 4.78 is 9.35. The second-order valence-corrected chi connectivity index (χ2v) is 6.50. The van der Waals surface area contributed by atoms with Gasteiger partial charge in [-0.1, -0.05) is 54.1 Å². The van der Waals surface area contributed by atoms with Crippen molar-refractivity contribution in [1.82, 2.24) is 5.32 Å². The normalized spacial score (nSPS) is 11.9. The molecule has 0 aliphatic heterocycles. The number of ether oxygens (including phenoxy) is 2. The second-order valence-electron chi connectivity index (χ2n) is 6.50. The molecule has 0 saturated heterocycles. The molecule has 2 aromatic carbocycles. The van der Waals surface area contributed by atoms with Gasteiger partial charge in [0, 0.05) is 6.04 Å². The molecule has 8 nitrogen and oxygen atoms in total. The lowest BCUT2D eigenvalue weighted by Gasteiger charge is -2.22. The van der Waals surface area contributed by atoms with Crippen LogP contribution in [0.4, 0.5) is 0 Å². The van der Waals surface area contributed by atoms with Gasteiger partial charge >= 0.3 is 11.9 Å². The van der Waals surface area contributed by atoms with Crippen molar-refractivity contribution in [2.75, 3.05) is 0 Å². The molecule has 0 radical (unpaired) electrons. The maximum Gasteiger partial charge on any atom is 0.349 e. The van der Waals surface area contributed by atoms with Gasteiger partial charge in [-0.25, -0.2) is 9.59 Å². The molecule has 8 heteroatoms. The van der Waals surface area contributed by atoms with E-state index in [9.17, 15) is 24.3 Å². The first-order chi connectivity index (χ1) is 14.3. The van der Waals surface area contributed by atoms with Crippen LogP contribution in [0.2, 0.25) is 0 Å². The SMILES string of the molecule is CC(C)NC(=O)C(OC=O)C(OC(=O)c1ccccc1)C(=O)O.Cc1ccccc1. The topological polar surface area (TPSA) is 119 Å². The van der Waals surface area contributed by atoms with Crippen LogP contribution in [0, 0.1) is 6.92 Å². The van der Waals surface area contributed by atoms with Crippen LogP contribution in [0.3, 0.4) is 0 Å². The minimum atomic E-state index is -1.97. The van der Waals surface area contributed by atoms with Crippen molar-refractivity contribution < 1.29 is 33.8 Å². The minimum Gasteiger partial charge on any atom is -0.478 e. The Labute approximate surface area is 174 Å². The van der Waals surface area contributed by atoms with Crippen LogP contribution in [-0.2, 0) is 23.9 Å². The van der Waals surface area contributed by atoms with Crippen LogP contribution in [0.5, 0.6) is 0 Å². The zero-order valence-corrected chi connectivity index (χ0v) is 17.0. The maximum atomic E-state index is 12.0. The van der Waals surface area contributed by atoms with Crippen molar-refractivity contribution in [2.45, 2.75) is 39.0 Å². The Kier molecular flexibility index (Phi) is 10.3. The fourth-order valence-corrected chi connectivity index (χ4v) is 2.23. The van der Waals surface area contributed by atoms with Crippen molar-refractivity contribution in [3.8, 4) is 0 Å². The van der Waals surface area contributed by atoms with E-state index in [-0.39, 0.29) is 18.1 Å². The van der Waals surface area contributed by atoms with Gasteiger partial charge < -0.3 is 19.9 Å². The first kappa shape index (κ1) is 24.4. The molecule has 2 unspecified atom stereocenters. The monoisotopic (exact) mass is 415 g/mol. The van der Waals surface area contributed by atoms with Crippen molar-refractivity contribution >= 4 is 24.3 Å². The fourth-order valence-electron chi connectivity index (χ4n) is 2.23. The lowest BCUT2D eigenvalue weighted by Crippen LogP contribution is -2.50. The zero-order chi connectivity index (χ0) is 22.5. The van der Waals surface area contributed by atoms with E-state index in [0.717, 1.165) is 0 Å². The highest BCUT2D eigenvalue weighted by Crippen LogP contribution is 2.10. The molecular formula is C22H25NO7. The number of benzene rings is 2. The van der Waals surface area contributed by atoms with E-state index in [1.807, 2.05) is 18.2 Å². The molecule has 2 atom stereocenters. The summed E-state index contributed by atoms with van der Waals surface area (Å²) in [5, 5.41) is 11.6. The van der Waals surface area contributed by atoms with Gasteiger partial charge in [-0.15, -0.1) is 0 Å². The van der Waals surface area contributed by atoms with Crippen LogP contribution in [0.25, 0.3) is 0 Å². The molecule has 160 valence electrons. The third kappa shape index (κ3) is 8.55. The van der Waals surface area contributed by atoms with Crippen LogP contribution < -0.4 is 5.32 Å². The fraction of sp³-hybridized carbons (Fsp3) is 0.273. The first-order valence-corrected chi connectivity index (χ1v) is 9.16. The molecule has 0 bridgehead atoms. The molecule has 0 aliphatic carbocycles. The molecule has 1 amide bonds. The zero-order valence-electron chi connectivity index (χ0n) is 17.0. The average Bonchev–Trinajstić information content (AvgIpc) is 2.71. The number of nitrogens with one attached hydrogen (secondary N) is 1. The molecule has 0 aliphatic rings. The number of carbonyl (C=O) groups is 4. The highest BCUT2D eigenvalue weighted by Gasteiger charge is 2.39. The Morgan fingerprint density at radius 2 is 1.47 bits per heavy atom. The molecule has 0 fully saturated rings. The maximum absolute atomic E-state index is 12.0. The van der Waals surface area contributed by atoms with Gasteiger partial charge in [0.2, 0.25) is 12.2 Å². The summed E-state index contributed by atoms with van der Waals surface area (Å²) in [7, 11) is 0. The standard InChI is InChI=1S/C15H17NO7.C7H8/c1-9(2)16-13(18)11(22-8-17)12(14(19)20)23-15(21)10-6-4-3-5-7-10;1-7-5-3-2-4-6-7/h3-9,11-12H,1-2H3,(H,16,18)(H,19,20);2-6H,1H3. The lowest BCUT2D eigenvalue weighted by atomic mass is 10.1. The summed E-state index contributed by atoms with van der Waals surface area (Å²) in [6.45, 7) is 5.29. The van der Waals surface area contributed by atoms with E-state index in [0.29, 0.717) is 0 Å². The van der Waals surface area contributed by atoms with Crippen LogP contribution in [-0.4, -0.2) is 47.7 Å². The van der Waals surface area contributed by atoms with E-state index in [1.54, 1.807) is 32.0 Å².